The summed E-state index contributed by atoms with van der Waals surface area (Å²) in [5.74, 6) is 0.310. The lowest BCUT2D eigenvalue weighted by Crippen LogP contribution is -2.33. The van der Waals surface area contributed by atoms with Crippen molar-refractivity contribution in [3.8, 4) is 5.75 Å². The van der Waals surface area contributed by atoms with Crippen molar-refractivity contribution in [2.24, 2.45) is 0 Å². The molecule has 7 heteroatoms. The van der Waals surface area contributed by atoms with Crippen LogP contribution in [0, 0.1) is 0 Å². The summed E-state index contributed by atoms with van der Waals surface area (Å²) < 4.78 is 31.1. The van der Waals surface area contributed by atoms with Gasteiger partial charge in [-0.2, -0.15) is 0 Å². The minimum absolute atomic E-state index is 0.0308. The van der Waals surface area contributed by atoms with Crippen LogP contribution in [0.3, 0.4) is 0 Å². The summed E-state index contributed by atoms with van der Waals surface area (Å²) in [6, 6.07) is 14.5. The number of sulfonamides is 1. The van der Waals surface area contributed by atoms with Crippen molar-refractivity contribution < 1.29 is 17.9 Å². The summed E-state index contributed by atoms with van der Waals surface area (Å²) >= 11 is 0. The summed E-state index contributed by atoms with van der Waals surface area (Å²) in [6.07, 6.45) is 2.05. The zero-order valence-corrected chi connectivity index (χ0v) is 16.8. The first-order valence-electron chi connectivity index (χ1n) is 8.93. The number of nitrogens with zero attached hydrogens (tertiary/aromatic N) is 1. The predicted octanol–water partition coefficient (Wildman–Crippen LogP) is 3.44. The molecular formula is C20H26N2O4S. The molecule has 0 spiro atoms. The second-order valence-electron chi connectivity index (χ2n) is 6.08. The van der Waals surface area contributed by atoms with Crippen molar-refractivity contribution in [1.29, 1.82) is 0 Å². The van der Waals surface area contributed by atoms with E-state index in [-0.39, 0.29) is 18.9 Å². The lowest BCUT2D eigenvalue weighted by atomic mass is 10.1. The molecule has 0 radical (unpaired) electrons. The molecule has 0 aliphatic rings. The molecule has 146 valence electrons. The number of hydrogen-bond acceptors (Lipinski definition) is 4. The Bertz CT molecular complexity index is 864. The van der Waals surface area contributed by atoms with E-state index in [9.17, 15) is 13.2 Å². The van der Waals surface area contributed by atoms with Gasteiger partial charge in [-0.25, -0.2) is 8.42 Å². The number of rotatable bonds is 9. The number of carbonyl (C=O) groups is 1. The van der Waals surface area contributed by atoms with E-state index in [1.165, 1.54) is 4.31 Å². The highest BCUT2D eigenvalue weighted by molar-refractivity contribution is 7.92. The number of hydrogen-bond donors (Lipinski definition) is 1. The molecule has 0 atom stereocenters. The van der Waals surface area contributed by atoms with Gasteiger partial charge >= 0.3 is 0 Å². The smallest absolute Gasteiger partial charge is 0.232 e. The van der Waals surface area contributed by atoms with Gasteiger partial charge in [0, 0.05) is 13.0 Å². The topological polar surface area (TPSA) is 75.7 Å². The Morgan fingerprint density at radius 1 is 1.07 bits per heavy atom. The zero-order valence-electron chi connectivity index (χ0n) is 15.9. The van der Waals surface area contributed by atoms with Crippen LogP contribution in [0.4, 0.5) is 11.4 Å². The van der Waals surface area contributed by atoms with Gasteiger partial charge in [0.1, 0.15) is 5.75 Å². The SMILES string of the molecule is CCOc1ccccc1NC(=O)CCN(c1ccc(CC)cc1)S(C)(=O)=O. The van der Waals surface area contributed by atoms with Crippen LogP contribution in [0.1, 0.15) is 25.8 Å². The predicted molar refractivity (Wildman–Crippen MR) is 109 cm³/mol. The van der Waals surface area contributed by atoms with Gasteiger partial charge in [-0.05, 0) is 43.2 Å². The van der Waals surface area contributed by atoms with Crippen molar-refractivity contribution in [2.75, 3.05) is 29.0 Å². The normalized spacial score (nSPS) is 11.1. The van der Waals surface area contributed by atoms with Crippen LogP contribution in [0.5, 0.6) is 5.75 Å². The van der Waals surface area contributed by atoms with E-state index in [0.29, 0.717) is 23.7 Å². The molecular weight excluding hydrogens is 364 g/mol. The number of aryl methyl sites for hydroxylation is 1. The lowest BCUT2D eigenvalue weighted by Gasteiger charge is -2.22. The quantitative estimate of drug-likeness (QED) is 0.712. The third kappa shape index (κ3) is 5.99. The summed E-state index contributed by atoms with van der Waals surface area (Å²) in [5, 5.41) is 2.79. The minimum Gasteiger partial charge on any atom is -0.492 e. The van der Waals surface area contributed by atoms with E-state index in [0.717, 1.165) is 18.2 Å². The average Bonchev–Trinajstić information content (AvgIpc) is 2.63. The number of amides is 1. The number of ether oxygens (including phenoxy) is 1. The maximum absolute atomic E-state index is 12.3. The summed E-state index contributed by atoms with van der Waals surface area (Å²) in [7, 11) is -3.49. The summed E-state index contributed by atoms with van der Waals surface area (Å²) in [4.78, 5) is 12.3. The van der Waals surface area contributed by atoms with Crippen LogP contribution >= 0.6 is 0 Å². The first-order valence-corrected chi connectivity index (χ1v) is 10.8. The second-order valence-corrected chi connectivity index (χ2v) is 7.99. The molecule has 0 saturated carbocycles. The van der Waals surface area contributed by atoms with Crippen LogP contribution in [-0.2, 0) is 21.2 Å². The summed E-state index contributed by atoms with van der Waals surface area (Å²) in [6.45, 7) is 4.45. The highest BCUT2D eigenvalue weighted by Gasteiger charge is 2.19. The van der Waals surface area contributed by atoms with E-state index in [4.69, 9.17) is 4.74 Å². The number of para-hydroxylation sites is 2. The van der Waals surface area contributed by atoms with Crippen molar-refractivity contribution >= 4 is 27.3 Å². The van der Waals surface area contributed by atoms with Gasteiger partial charge in [-0.1, -0.05) is 31.2 Å². The average molecular weight is 391 g/mol. The Balaban J connectivity index is 2.07. The van der Waals surface area contributed by atoms with Crippen molar-refractivity contribution in [1.82, 2.24) is 0 Å². The molecule has 6 nitrogen and oxygen atoms in total. The molecule has 2 aromatic carbocycles. The van der Waals surface area contributed by atoms with E-state index in [1.54, 1.807) is 30.3 Å². The Kier molecular flexibility index (Phi) is 7.24. The largest absolute Gasteiger partial charge is 0.492 e. The molecule has 1 N–H and O–H groups in total. The van der Waals surface area contributed by atoms with Gasteiger partial charge in [-0.3, -0.25) is 9.10 Å². The Morgan fingerprint density at radius 3 is 2.33 bits per heavy atom. The molecule has 0 unspecified atom stereocenters. The number of nitrogens with one attached hydrogen (secondary N) is 1. The Hall–Kier alpha value is -2.54. The van der Waals surface area contributed by atoms with Gasteiger partial charge in [0.15, 0.2) is 0 Å². The molecule has 0 bridgehead atoms. The number of anilines is 2. The molecule has 27 heavy (non-hydrogen) atoms. The van der Waals surface area contributed by atoms with E-state index in [1.807, 2.05) is 32.0 Å². The molecule has 0 heterocycles. The maximum atomic E-state index is 12.3. The monoisotopic (exact) mass is 390 g/mol. The minimum atomic E-state index is -3.49. The molecule has 2 aromatic rings. The van der Waals surface area contributed by atoms with Crippen LogP contribution in [0.25, 0.3) is 0 Å². The summed E-state index contributed by atoms with van der Waals surface area (Å²) in [5.41, 5.74) is 2.25. The first kappa shape index (κ1) is 20.8. The highest BCUT2D eigenvalue weighted by Crippen LogP contribution is 2.24. The third-order valence-electron chi connectivity index (χ3n) is 4.04. The van der Waals surface area contributed by atoms with Crippen molar-refractivity contribution in [2.45, 2.75) is 26.7 Å². The standard InChI is InChI=1S/C20H26N2O4S/c1-4-16-10-12-17(13-11-16)22(27(3,24)25)15-14-20(23)21-18-8-6-7-9-19(18)26-5-2/h6-13H,4-5,14-15H2,1-3H3,(H,21,23). The molecule has 0 aliphatic carbocycles. The van der Waals surface area contributed by atoms with Crippen LogP contribution in [0.2, 0.25) is 0 Å². The van der Waals surface area contributed by atoms with Gasteiger partial charge in [0.2, 0.25) is 15.9 Å². The van der Waals surface area contributed by atoms with E-state index >= 15 is 0 Å². The zero-order chi connectivity index (χ0) is 19.9. The number of benzene rings is 2. The molecule has 0 fully saturated rings. The van der Waals surface area contributed by atoms with Crippen LogP contribution in [0.15, 0.2) is 48.5 Å². The molecule has 0 aliphatic heterocycles. The maximum Gasteiger partial charge on any atom is 0.232 e. The van der Waals surface area contributed by atoms with Gasteiger partial charge < -0.3 is 10.1 Å². The van der Waals surface area contributed by atoms with Crippen LogP contribution in [-0.4, -0.2) is 33.7 Å². The molecule has 1 amide bonds. The Labute approximate surface area is 161 Å². The fraction of sp³-hybridized carbons (Fsp3) is 0.350. The van der Waals surface area contributed by atoms with Crippen LogP contribution < -0.4 is 14.4 Å². The Morgan fingerprint density at radius 2 is 1.74 bits per heavy atom. The number of carbonyl (C=O) groups excluding carboxylic acids is 1. The fourth-order valence-electron chi connectivity index (χ4n) is 2.65. The molecule has 0 aromatic heterocycles. The van der Waals surface area contributed by atoms with Crippen molar-refractivity contribution in [3.63, 3.8) is 0 Å². The van der Waals surface area contributed by atoms with Crippen molar-refractivity contribution in [3.05, 3.63) is 54.1 Å². The molecule has 0 saturated heterocycles. The first-order chi connectivity index (χ1) is 12.8. The third-order valence-corrected chi connectivity index (χ3v) is 5.23. The van der Waals surface area contributed by atoms with Gasteiger partial charge in [0.05, 0.1) is 24.2 Å². The van der Waals surface area contributed by atoms with E-state index < -0.39 is 10.0 Å². The second kappa shape index (κ2) is 9.41. The van der Waals surface area contributed by atoms with E-state index in [2.05, 4.69) is 5.32 Å². The van der Waals surface area contributed by atoms with Gasteiger partial charge in [-0.15, -0.1) is 0 Å². The molecule has 2 rings (SSSR count). The van der Waals surface area contributed by atoms with Gasteiger partial charge in [0.25, 0.3) is 0 Å². The lowest BCUT2D eigenvalue weighted by molar-refractivity contribution is -0.116. The fourth-order valence-corrected chi connectivity index (χ4v) is 3.58. The highest BCUT2D eigenvalue weighted by atomic mass is 32.2.